The van der Waals surface area contributed by atoms with E-state index in [0.29, 0.717) is 6.54 Å². The van der Waals surface area contributed by atoms with Gasteiger partial charge in [0.1, 0.15) is 0 Å². The third-order valence-corrected chi connectivity index (χ3v) is 4.66. The van der Waals surface area contributed by atoms with Crippen LogP contribution in [0.25, 0.3) is 16.8 Å². The van der Waals surface area contributed by atoms with E-state index in [1.807, 2.05) is 55.2 Å². The van der Waals surface area contributed by atoms with Crippen LogP contribution < -0.4 is 0 Å². The molecule has 3 aromatic rings. The molecule has 0 unspecified atom stereocenters. The Morgan fingerprint density at radius 3 is 2.77 bits per heavy atom. The van der Waals surface area contributed by atoms with Crippen molar-refractivity contribution in [2.24, 2.45) is 0 Å². The fraction of sp³-hybridized carbons (Fsp3) is 0.400. The minimum absolute atomic E-state index is 0.119. The highest BCUT2D eigenvalue weighted by Gasteiger charge is 2.32. The Labute approximate surface area is 153 Å². The molecule has 2 atom stereocenters. The molecule has 136 valence electrons. The smallest absolute Gasteiger partial charge is 0.162 e. The van der Waals surface area contributed by atoms with Crippen LogP contribution in [0.2, 0.25) is 0 Å². The third-order valence-electron chi connectivity index (χ3n) is 4.66. The number of hydrogen-bond acceptors (Lipinski definition) is 5. The van der Waals surface area contributed by atoms with Crippen molar-refractivity contribution in [1.29, 1.82) is 0 Å². The second-order valence-corrected chi connectivity index (χ2v) is 7.14. The highest BCUT2D eigenvalue weighted by Crippen LogP contribution is 2.23. The van der Waals surface area contributed by atoms with Gasteiger partial charge in [-0.1, -0.05) is 30.3 Å². The summed E-state index contributed by atoms with van der Waals surface area (Å²) < 4.78 is 7.61. The Morgan fingerprint density at radius 1 is 1.19 bits per heavy atom. The van der Waals surface area contributed by atoms with Gasteiger partial charge in [0, 0.05) is 43.2 Å². The van der Waals surface area contributed by atoms with Gasteiger partial charge in [0.25, 0.3) is 0 Å². The van der Waals surface area contributed by atoms with Crippen molar-refractivity contribution in [1.82, 2.24) is 19.5 Å². The van der Waals surface area contributed by atoms with Crippen LogP contribution in [-0.2, 0) is 11.3 Å². The summed E-state index contributed by atoms with van der Waals surface area (Å²) in [5, 5.41) is 14.6. The first-order valence-electron chi connectivity index (χ1n) is 9.03. The number of aromatic nitrogens is 3. The lowest BCUT2D eigenvalue weighted by molar-refractivity contribution is -0.0396. The lowest BCUT2D eigenvalue weighted by atomic mass is 10.1. The highest BCUT2D eigenvalue weighted by atomic mass is 16.5. The Hall–Kier alpha value is -2.28. The summed E-state index contributed by atoms with van der Waals surface area (Å²) in [7, 11) is 0. The number of hydrogen-bond donors (Lipinski definition) is 1. The molecule has 0 amide bonds. The zero-order valence-corrected chi connectivity index (χ0v) is 15.1. The Morgan fingerprint density at radius 2 is 2.00 bits per heavy atom. The van der Waals surface area contributed by atoms with E-state index in [2.05, 4.69) is 27.1 Å². The van der Waals surface area contributed by atoms with Gasteiger partial charge in [0.15, 0.2) is 5.65 Å². The van der Waals surface area contributed by atoms with Crippen molar-refractivity contribution in [3.8, 4) is 11.1 Å². The topological polar surface area (TPSA) is 62.9 Å². The molecular formula is C20H24N4O2. The molecule has 0 saturated carbocycles. The van der Waals surface area contributed by atoms with E-state index >= 15 is 0 Å². The predicted octanol–water partition coefficient (Wildman–Crippen LogP) is 2.37. The van der Waals surface area contributed by atoms with Crippen LogP contribution in [0, 0.1) is 0 Å². The maximum absolute atomic E-state index is 10.2. The standard InChI is InChI=1S/C20H24N4O2/c1-14(2)26-19-13-23(12-18(19)25)10-15-8-21-20-17(9-22-24(20)11-15)16-6-4-3-5-7-16/h3-9,11,14,18-19,25H,10,12-13H2,1-2H3/t18-,19-/m1/s1. The van der Waals surface area contributed by atoms with Crippen LogP contribution in [0.4, 0.5) is 0 Å². The summed E-state index contributed by atoms with van der Waals surface area (Å²) in [5.41, 5.74) is 4.05. The molecule has 6 heteroatoms. The molecule has 0 bridgehead atoms. The Balaban J connectivity index is 1.51. The van der Waals surface area contributed by atoms with E-state index in [9.17, 15) is 5.11 Å². The fourth-order valence-electron chi connectivity index (χ4n) is 3.52. The summed E-state index contributed by atoms with van der Waals surface area (Å²) in [6.45, 7) is 6.05. The monoisotopic (exact) mass is 352 g/mol. The number of fused-ring (bicyclic) bond motifs is 1. The van der Waals surface area contributed by atoms with Crippen LogP contribution in [0.5, 0.6) is 0 Å². The van der Waals surface area contributed by atoms with Crippen LogP contribution in [0.1, 0.15) is 19.4 Å². The van der Waals surface area contributed by atoms with Crippen molar-refractivity contribution >= 4 is 5.65 Å². The maximum Gasteiger partial charge on any atom is 0.162 e. The second-order valence-electron chi connectivity index (χ2n) is 7.14. The zero-order chi connectivity index (χ0) is 18.1. The van der Waals surface area contributed by atoms with Crippen LogP contribution in [-0.4, -0.2) is 56.0 Å². The van der Waals surface area contributed by atoms with Gasteiger partial charge in [0.05, 0.1) is 24.5 Å². The van der Waals surface area contributed by atoms with Crippen LogP contribution >= 0.6 is 0 Å². The molecule has 1 saturated heterocycles. The summed E-state index contributed by atoms with van der Waals surface area (Å²) in [6, 6.07) is 10.2. The van der Waals surface area contributed by atoms with Crippen molar-refractivity contribution in [3.05, 3.63) is 54.5 Å². The van der Waals surface area contributed by atoms with E-state index in [1.54, 1.807) is 0 Å². The average Bonchev–Trinajstić information content (AvgIpc) is 3.18. The molecule has 26 heavy (non-hydrogen) atoms. The molecule has 3 heterocycles. The van der Waals surface area contributed by atoms with Gasteiger partial charge in [-0.15, -0.1) is 0 Å². The summed E-state index contributed by atoms with van der Waals surface area (Å²) in [4.78, 5) is 6.82. The molecule has 1 aliphatic rings. The number of aliphatic hydroxyl groups is 1. The first-order chi connectivity index (χ1) is 12.6. The molecule has 1 N–H and O–H groups in total. The Kier molecular flexibility index (Phi) is 4.72. The van der Waals surface area contributed by atoms with Gasteiger partial charge in [-0.2, -0.15) is 5.10 Å². The fourth-order valence-corrected chi connectivity index (χ4v) is 3.52. The number of rotatable bonds is 5. The molecule has 0 aliphatic carbocycles. The number of β-amino-alcohol motifs (C(OH)–C–C–N with tert-alkyl or cyclic N) is 1. The molecular weight excluding hydrogens is 328 g/mol. The quantitative estimate of drug-likeness (QED) is 0.764. The number of likely N-dealkylation sites (tertiary alicyclic amines) is 1. The summed E-state index contributed by atoms with van der Waals surface area (Å²) in [6.07, 6.45) is 5.32. The number of ether oxygens (including phenoxy) is 1. The number of nitrogens with zero attached hydrogens (tertiary/aromatic N) is 4. The maximum atomic E-state index is 10.2. The van der Waals surface area contributed by atoms with Crippen LogP contribution in [0.15, 0.2) is 48.9 Å². The second kappa shape index (κ2) is 7.15. The normalized spacial score (nSPS) is 21.1. The van der Waals surface area contributed by atoms with E-state index in [4.69, 9.17) is 4.74 Å². The first-order valence-corrected chi connectivity index (χ1v) is 9.03. The molecule has 2 aromatic heterocycles. The van der Waals surface area contributed by atoms with Crippen LogP contribution in [0.3, 0.4) is 0 Å². The third kappa shape index (κ3) is 3.49. The lowest BCUT2D eigenvalue weighted by Gasteiger charge is -2.18. The van der Waals surface area contributed by atoms with Gasteiger partial charge < -0.3 is 9.84 Å². The first kappa shape index (κ1) is 17.1. The minimum Gasteiger partial charge on any atom is -0.389 e. The molecule has 0 spiro atoms. The van der Waals surface area contributed by atoms with Crippen molar-refractivity contribution < 1.29 is 9.84 Å². The zero-order valence-electron chi connectivity index (χ0n) is 15.1. The predicted molar refractivity (Wildman–Crippen MR) is 99.7 cm³/mol. The molecule has 0 radical (unpaired) electrons. The van der Waals surface area contributed by atoms with E-state index in [-0.39, 0.29) is 12.2 Å². The van der Waals surface area contributed by atoms with E-state index < -0.39 is 6.10 Å². The number of aliphatic hydroxyl groups excluding tert-OH is 1. The average molecular weight is 352 g/mol. The molecule has 1 aliphatic heterocycles. The minimum atomic E-state index is -0.441. The lowest BCUT2D eigenvalue weighted by Crippen LogP contribution is -2.29. The van der Waals surface area contributed by atoms with Gasteiger partial charge in [0.2, 0.25) is 0 Å². The van der Waals surface area contributed by atoms with Crippen molar-refractivity contribution in [3.63, 3.8) is 0 Å². The van der Waals surface area contributed by atoms with Crippen molar-refractivity contribution in [2.45, 2.75) is 38.7 Å². The SMILES string of the molecule is CC(C)O[C@@H]1CN(Cc2cnc3c(-c4ccccc4)cnn3c2)C[C@H]1O. The Bertz CT molecular complexity index is 878. The van der Waals surface area contributed by atoms with Gasteiger partial charge >= 0.3 is 0 Å². The summed E-state index contributed by atoms with van der Waals surface area (Å²) >= 11 is 0. The van der Waals surface area contributed by atoms with Gasteiger partial charge in [-0.05, 0) is 19.4 Å². The largest absolute Gasteiger partial charge is 0.389 e. The van der Waals surface area contributed by atoms with Gasteiger partial charge in [-0.3, -0.25) is 4.90 Å². The van der Waals surface area contributed by atoms with E-state index in [0.717, 1.165) is 35.4 Å². The van der Waals surface area contributed by atoms with Crippen molar-refractivity contribution in [2.75, 3.05) is 13.1 Å². The molecule has 4 rings (SSSR count). The summed E-state index contributed by atoms with van der Waals surface area (Å²) in [5.74, 6) is 0. The molecule has 6 nitrogen and oxygen atoms in total. The highest BCUT2D eigenvalue weighted by molar-refractivity contribution is 5.76. The molecule has 1 aromatic carbocycles. The van der Waals surface area contributed by atoms with E-state index in [1.165, 1.54) is 0 Å². The van der Waals surface area contributed by atoms with Gasteiger partial charge in [-0.25, -0.2) is 9.50 Å². The number of benzene rings is 1. The molecule has 1 fully saturated rings.